The van der Waals surface area contributed by atoms with E-state index in [2.05, 4.69) is 40.8 Å². The number of aromatic nitrogens is 1. The number of rotatable bonds is 8. The number of carbonyl (C=O) groups excluding carboxylic acids is 1. The number of phenolic OH excluding ortho intramolecular Hbond substituents is 1. The van der Waals surface area contributed by atoms with E-state index in [0.717, 1.165) is 33.2 Å². The third-order valence-corrected chi connectivity index (χ3v) is 6.39. The van der Waals surface area contributed by atoms with E-state index in [1.54, 1.807) is 18.5 Å². The summed E-state index contributed by atoms with van der Waals surface area (Å²) in [5.74, 6) is 1.21. The number of allylic oxidation sites excluding steroid dienone is 1. The number of pyridine rings is 1. The highest BCUT2D eigenvalue weighted by molar-refractivity contribution is 9.09. The molecule has 0 radical (unpaired) electrons. The summed E-state index contributed by atoms with van der Waals surface area (Å²) in [4.78, 5) is 16.4. The molecule has 4 heteroatoms. The van der Waals surface area contributed by atoms with Crippen molar-refractivity contribution in [1.82, 2.24) is 4.98 Å². The first-order valence-corrected chi connectivity index (χ1v) is 11.2. The molecular formula is C24H28BrNO2. The van der Waals surface area contributed by atoms with Crippen LogP contribution < -0.4 is 0 Å². The van der Waals surface area contributed by atoms with Gasteiger partial charge in [-0.2, -0.15) is 0 Å². The van der Waals surface area contributed by atoms with Crippen LogP contribution in [0.5, 0.6) is 5.75 Å². The smallest absolute Gasteiger partial charge is 0.160 e. The number of fused-ring (bicyclic) bond motifs is 1. The number of ketones is 1. The highest BCUT2D eigenvalue weighted by Gasteiger charge is 2.25. The van der Waals surface area contributed by atoms with Crippen molar-refractivity contribution in [3.8, 4) is 5.75 Å². The Kier molecular flexibility index (Phi) is 7.06. The molecule has 1 aliphatic rings. The highest BCUT2D eigenvalue weighted by atomic mass is 79.9. The van der Waals surface area contributed by atoms with E-state index in [-0.39, 0.29) is 11.5 Å². The number of benzene rings is 1. The van der Waals surface area contributed by atoms with Gasteiger partial charge in [-0.1, -0.05) is 55.1 Å². The van der Waals surface area contributed by atoms with Gasteiger partial charge in [0.15, 0.2) is 5.78 Å². The second kappa shape index (κ2) is 9.51. The van der Waals surface area contributed by atoms with Crippen molar-refractivity contribution in [2.45, 2.75) is 51.9 Å². The Morgan fingerprint density at radius 3 is 2.61 bits per heavy atom. The Balaban J connectivity index is 1.87. The van der Waals surface area contributed by atoms with E-state index in [1.165, 1.54) is 25.7 Å². The number of nitrogens with zero attached hydrogens (tertiary/aromatic N) is 1. The molecule has 1 aliphatic carbocycles. The number of alkyl halides is 1. The molecule has 0 aliphatic heterocycles. The van der Waals surface area contributed by atoms with Crippen molar-refractivity contribution in [1.29, 1.82) is 0 Å². The van der Waals surface area contributed by atoms with Gasteiger partial charge >= 0.3 is 0 Å². The monoisotopic (exact) mass is 441 g/mol. The molecule has 3 rings (SSSR count). The molecule has 0 saturated carbocycles. The number of halogens is 1. The van der Waals surface area contributed by atoms with Gasteiger partial charge < -0.3 is 5.11 Å². The Bertz CT molecular complexity index is 860. The third kappa shape index (κ3) is 4.72. The van der Waals surface area contributed by atoms with Crippen LogP contribution in [0.25, 0.3) is 5.57 Å². The summed E-state index contributed by atoms with van der Waals surface area (Å²) < 4.78 is 0. The van der Waals surface area contributed by atoms with E-state index < -0.39 is 0 Å². The van der Waals surface area contributed by atoms with Crippen molar-refractivity contribution in [3.63, 3.8) is 0 Å². The van der Waals surface area contributed by atoms with Crippen LogP contribution in [0.15, 0.2) is 42.7 Å². The highest BCUT2D eigenvalue weighted by Crippen LogP contribution is 2.40. The average Bonchev–Trinajstić information content (AvgIpc) is 2.70. The molecule has 2 atom stereocenters. The zero-order valence-corrected chi connectivity index (χ0v) is 18.2. The predicted molar refractivity (Wildman–Crippen MR) is 118 cm³/mol. The molecule has 1 heterocycles. The molecule has 1 N–H and O–H groups in total. The van der Waals surface area contributed by atoms with Gasteiger partial charge in [-0.15, -0.1) is 0 Å². The molecule has 28 heavy (non-hydrogen) atoms. The number of aromatic hydroxyl groups is 1. The topological polar surface area (TPSA) is 50.2 Å². The van der Waals surface area contributed by atoms with E-state index in [0.29, 0.717) is 18.3 Å². The van der Waals surface area contributed by atoms with Gasteiger partial charge in [0.2, 0.25) is 0 Å². The minimum atomic E-state index is 0.0753. The summed E-state index contributed by atoms with van der Waals surface area (Å²) in [6, 6.07) is 7.77. The SMILES string of the molecule is CC(CCCCCBr)C(C)c1cc(O)c2c(c1)CC(=O)C=C2c1ccncc1. The zero-order chi connectivity index (χ0) is 20.1. The molecule has 0 spiro atoms. The quantitative estimate of drug-likeness (QED) is 0.401. The first-order chi connectivity index (χ1) is 13.5. The standard InChI is InChI=1S/C24H28BrNO2/c1-16(6-4-3-5-9-25)17(2)19-12-20-13-21(27)15-22(24(20)23(28)14-19)18-7-10-26-11-8-18/h7-8,10-12,14-17,28H,3-6,9,13H2,1-2H3. The van der Waals surface area contributed by atoms with Gasteiger partial charge in [-0.3, -0.25) is 9.78 Å². The second-order valence-electron chi connectivity index (χ2n) is 7.82. The summed E-state index contributed by atoms with van der Waals surface area (Å²) in [7, 11) is 0. The summed E-state index contributed by atoms with van der Waals surface area (Å²) in [6.45, 7) is 4.50. The maximum absolute atomic E-state index is 12.4. The van der Waals surface area contributed by atoms with Crippen LogP contribution in [0.2, 0.25) is 0 Å². The van der Waals surface area contributed by atoms with Gasteiger partial charge in [-0.25, -0.2) is 0 Å². The lowest BCUT2D eigenvalue weighted by Crippen LogP contribution is -2.13. The molecule has 1 aromatic heterocycles. The van der Waals surface area contributed by atoms with E-state index in [4.69, 9.17) is 0 Å². The number of hydrogen-bond donors (Lipinski definition) is 1. The summed E-state index contributed by atoms with van der Waals surface area (Å²) >= 11 is 3.49. The Morgan fingerprint density at radius 2 is 1.89 bits per heavy atom. The van der Waals surface area contributed by atoms with Crippen LogP contribution >= 0.6 is 15.9 Å². The van der Waals surface area contributed by atoms with Gasteiger partial charge in [0, 0.05) is 29.7 Å². The summed E-state index contributed by atoms with van der Waals surface area (Å²) in [5.41, 5.74) is 4.51. The summed E-state index contributed by atoms with van der Waals surface area (Å²) in [6.07, 6.45) is 10.3. The van der Waals surface area contributed by atoms with E-state index in [1.807, 2.05) is 18.2 Å². The first kappa shape index (κ1) is 20.8. The predicted octanol–water partition coefficient (Wildman–Crippen LogP) is 6.04. The fourth-order valence-electron chi connectivity index (χ4n) is 3.97. The van der Waals surface area contributed by atoms with Gasteiger partial charge in [0.1, 0.15) is 5.75 Å². The number of hydrogen-bond acceptors (Lipinski definition) is 3. The molecule has 0 amide bonds. The van der Waals surface area contributed by atoms with Crippen LogP contribution in [0.4, 0.5) is 0 Å². The van der Waals surface area contributed by atoms with E-state index in [9.17, 15) is 9.90 Å². The van der Waals surface area contributed by atoms with Gasteiger partial charge in [-0.05, 0) is 64.8 Å². The molecule has 2 unspecified atom stereocenters. The third-order valence-electron chi connectivity index (χ3n) is 5.82. The lowest BCUT2D eigenvalue weighted by molar-refractivity contribution is -0.114. The average molecular weight is 442 g/mol. The van der Waals surface area contributed by atoms with Crippen LogP contribution in [-0.4, -0.2) is 21.2 Å². The summed E-state index contributed by atoms with van der Waals surface area (Å²) in [5, 5.41) is 11.9. The molecule has 0 saturated heterocycles. The largest absolute Gasteiger partial charge is 0.507 e. The second-order valence-corrected chi connectivity index (χ2v) is 8.61. The van der Waals surface area contributed by atoms with Crippen LogP contribution in [0.3, 0.4) is 0 Å². The van der Waals surface area contributed by atoms with Crippen molar-refractivity contribution < 1.29 is 9.90 Å². The molecule has 3 nitrogen and oxygen atoms in total. The Morgan fingerprint density at radius 1 is 1.14 bits per heavy atom. The minimum Gasteiger partial charge on any atom is -0.507 e. The van der Waals surface area contributed by atoms with Crippen LogP contribution in [0.1, 0.15) is 67.7 Å². The lowest BCUT2D eigenvalue weighted by Gasteiger charge is -2.25. The van der Waals surface area contributed by atoms with E-state index >= 15 is 0 Å². The molecule has 1 aromatic carbocycles. The van der Waals surface area contributed by atoms with Crippen LogP contribution in [-0.2, 0) is 11.2 Å². The lowest BCUT2D eigenvalue weighted by atomic mass is 9.80. The van der Waals surface area contributed by atoms with Crippen molar-refractivity contribution in [2.24, 2.45) is 5.92 Å². The zero-order valence-electron chi connectivity index (χ0n) is 16.6. The molecule has 0 bridgehead atoms. The number of unbranched alkanes of at least 4 members (excludes halogenated alkanes) is 2. The number of carbonyl (C=O) groups is 1. The Hall–Kier alpha value is -1.94. The number of phenols is 1. The molecule has 148 valence electrons. The van der Waals surface area contributed by atoms with Gasteiger partial charge in [0.25, 0.3) is 0 Å². The Labute approximate surface area is 176 Å². The van der Waals surface area contributed by atoms with Crippen LogP contribution in [0, 0.1) is 5.92 Å². The maximum Gasteiger partial charge on any atom is 0.160 e. The van der Waals surface area contributed by atoms with Crippen molar-refractivity contribution in [3.05, 3.63) is 65.0 Å². The van der Waals surface area contributed by atoms with Gasteiger partial charge in [0.05, 0.1) is 0 Å². The fraction of sp³-hybridized carbons (Fsp3) is 0.417. The minimum absolute atomic E-state index is 0.0753. The van der Waals surface area contributed by atoms with Crippen molar-refractivity contribution >= 4 is 27.3 Å². The fourth-order valence-corrected chi connectivity index (χ4v) is 4.37. The molecular weight excluding hydrogens is 414 g/mol. The first-order valence-electron chi connectivity index (χ1n) is 10.1. The molecule has 0 fully saturated rings. The van der Waals surface area contributed by atoms with Crippen molar-refractivity contribution in [2.75, 3.05) is 5.33 Å². The normalized spacial score (nSPS) is 15.7. The maximum atomic E-state index is 12.4. The molecule has 2 aromatic rings.